The normalized spacial score (nSPS) is 19.1. The Bertz CT molecular complexity index is 1060. The van der Waals surface area contributed by atoms with Crippen molar-refractivity contribution in [2.45, 2.75) is 38.4 Å². The smallest absolute Gasteiger partial charge is 0.259 e. The summed E-state index contributed by atoms with van der Waals surface area (Å²) in [5.74, 6) is -0.116. The third-order valence-electron chi connectivity index (χ3n) is 4.80. The van der Waals surface area contributed by atoms with Gasteiger partial charge in [0.15, 0.2) is 0 Å². The minimum absolute atomic E-state index is 0.174. The van der Waals surface area contributed by atoms with E-state index in [0.717, 1.165) is 0 Å². The number of nitrogens with one attached hydrogen (secondary N) is 1. The molecule has 146 valence electrons. The average Bonchev–Trinajstić information content (AvgIpc) is 3.21. The highest BCUT2D eigenvalue weighted by Gasteiger charge is 2.25. The van der Waals surface area contributed by atoms with Crippen molar-refractivity contribution in [1.82, 2.24) is 9.97 Å². The molecule has 4 rings (SSSR count). The largest absolute Gasteiger partial charge is 0.488 e. The molecule has 9 heteroatoms. The molecule has 3 aromatic rings. The van der Waals surface area contributed by atoms with Crippen molar-refractivity contribution in [3.05, 3.63) is 40.8 Å². The number of amides is 1. The van der Waals surface area contributed by atoms with E-state index in [9.17, 15) is 14.3 Å². The van der Waals surface area contributed by atoms with Crippen LogP contribution in [0.3, 0.4) is 0 Å². The fourth-order valence-electron chi connectivity index (χ4n) is 3.43. The first-order valence-corrected chi connectivity index (χ1v) is 9.69. The van der Waals surface area contributed by atoms with Gasteiger partial charge < -0.3 is 20.9 Å². The van der Waals surface area contributed by atoms with Crippen LogP contribution in [0.2, 0.25) is 0 Å². The molecule has 1 aromatic carbocycles. The van der Waals surface area contributed by atoms with E-state index in [-0.39, 0.29) is 6.10 Å². The van der Waals surface area contributed by atoms with Crippen molar-refractivity contribution in [1.29, 1.82) is 0 Å². The zero-order chi connectivity index (χ0) is 19.8. The van der Waals surface area contributed by atoms with Crippen molar-refractivity contribution in [2.24, 2.45) is 5.73 Å². The number of aryl methyl sites for hydroxylation is 1. The van der Waals surface area contributed by atoms with Crippen LogP contribution in [0.25, 0.3) is 10.2 Å². The van der Waals surface area contributed by atoms with Gasteiger partial charge in [-0.1, -0.05) is 0 Å². The van der Waals surface area contributed by atoms with E-state index >= 15 is 0 Å². The Balaban J connectivity index is 1.70. The van der Waals surface area contributed by atoms with Crippen molar-refractivity contribution in [3.63, 3.8) is 0 Å². The molecule has 2 aromatic heterocycles. The maximum Gasteiger partial charge on any atom is 0.259 e. The number of fused-ring (bicyclic) bond motifs is 1. The zero-order valence-corrected chi connectivity index (χ0v) is 15.9. The van der Waals surface area contributed by atoms with Crippen LogP contribution >= 0.6 is 11.3 Å². The van der Waals surface area contributed by atoms with E-state index in [4.69, 9.17) is 10.5 Å². The summed E-state index contributed by atoms with van der Waals surface area (Å²) in [4.78, 5) is 21.2. The lowest BCUT2D eigenvalue weighted by molar-refractivity contribution is 0.100. The van der Waals surface area contributed by atoms with Crippen molar-refractivity contribution >= 4 is 39.0 Å². The van der Waals surface area contributed by atoms with Crippen LogP contribution in [0, 0.1) is 12.7 Å². The molecule has 1 fully saturated rings. The van der Waals surface area contributed by atoms with Crippen molar-refractivity contribution < 1.29 is 19.0 Å². The molecule has 1 aliphatic carbocycles. The van der Waals surface area contributed by atoms with Gasteiger partial charge in [-0.15, -0.1) is 11.3 Å². The maximum atomic E-state index is 13.8. The molecule has 1 amide bonds. The molecular weight excluding hydrogens is 383 g/mol. The summed E-state index contributed by atoms with van der Waals surface area (Å²) >= 11 is 1.21. The van der Waals surface area contributed by atoms with E-state index in [1.165, 1.54) is 29.8 Å². The lowest BCUT2D eigenvalue weighted by atomic mass is 10.2. The van der Waals surface area contributed by atoms with E-state index in [1.807, 2.05) is 0 Å². The molecule has 1 aliphatic rings. The quantitative estimate of drug-likeness (QED) is 0.604. The molecule has 0 unspecified atom stereocenters. The van der Waals surface area contributed by atoms with Gasteiger partial charge in [0, 0.05) is 12.5 Å². The number of aliphatic hydroxyl groups is 1. The molecule has 0 radical (unpaired) electrons. The number of aliphatic hydroxyl groups excluding tert-OH is 1. The van der Waals surface area contributed by atoms with Crippen LogP contribution in [0.4, 0.5) is 15.9 Å². The third-order valence-corrected chi connectivity index (χ3v) is 6.01. The molecule has 7 nitrogen and oxygen atoms in total. The van der Waals surface area contributed by atoms with Crippen LogP contribution in [-0.2, 0) is 0 Å². The second kappa shape index (κ2) is 7.33. The molecule has 0 saturated heterocycles. The summed E-state index contributed by atoms with van der Waals surface area (Å²) in [7, 11) is 0. The minimum Gasteiger partial charge on any atom is -0.488 e. The summed E-state index contributed by atoms with van der Waals surface area (Å²) in [5, 5.41) is 13.6. The number of carbonyl (C=O) groups excluding carboxylic acids is 1. The number of primary amides is 1. The Morgan fingerprint density at radius 3 is 2.93 bits per heavy atom. The predicted octanol–water partition coefficient (Wildman–Crippen LogP) is 3.27. The number of rotatable bonds is 5. The lowest BCUT2D eigenvalue weighted by Crippen LogP contribution is -2.14. The number of thiophene rings is 1. The first kappa shape index (κ1) is 18.6. The molecule has 0 bridgehead atoms. The molecule has 2 heterocycles. The van der Waals surface area contributed by atoms with E-state index in [2.05, 4.69) is 15.3 Å². The van der Waals surface area contributed by atoms with Gasteiger partial charge in [0.25, 0.3) is 5.91 Å². The number of anilines is 2. The van der Waals surface area contributed by atoms with Gasteiger partial charge in [-0.05, 0) is 37.5 Å². The number of hydrogen-bond acceptors (Lipinski definition) is 7. The Kier molecular flexibility index (Phi) is 4.86. The van der Waals surface area contributed by atoms with E-state index < -0.39 is 17.8 Å². The Morgan fingerprint density at radius 1 is 1.39 bits per heavy atom. The molecule has 28 heavy (non-hydrogen) atoms. The summed E-state index contributed by atoms with van der Waals surface area (Å²) in [6.07, 6.45) is 2.71. The minimum atomic E-state index is -0.517. The van der Waals surface area contributed by atoms with Gasteiger partial charge in [-0.2, -0.15) is 0 Å². The summed E-state index contributed by atoms with van der Waals surface area (Å²) in [6.45, 7) is 1.79. The van der Waals surface area contributed by atoms with Crippen LogP contribution in [-0.4, -0.2) is 33.2 Å². The van der Waals surface area contributed by atoms with Gasteiger partial charge in [-0.25, -0.2) is 14.4 Å². The number of nitrogens with two attached hydrogens (primary N) is 1. The number of nitrogens with zero attached hydrogens (tertiary/aromatic N) is 2. The first-order chi connectivity index (χ1) is 13.4. The fraction of sp³-hybridized carbons (Fsp3) is 0.316. The van der Waals surface area contributed by atoms with Crippen molar-refractivity contribution in [3.8, 4) is 5.75 Å². The van der Waals surface area contributed by atoms with Gasteiger partial charge in [0.1, 0.15) is 34.6 Å². The Morgan fingerprint density at radius 2 is 2.21 bits per heavy atom. The second-order valence-electron chi connectivity index (χ2n) is 6.80. The fourth-order valence-corrected chi connectivity index (χ4v) is 4.43. The zero-order valence-electron chi connectivity index (χ0n) is 15.1. The highest BCUT2D eigenvalue weighted by atomic mass is 32.1. The summed E-state index contributed by atoms with van der Waals surface area (Å²) in [5.41, 5.74) is 6.67. The standard InChI is InChI=1S/C19H19FN4O3S/c1-9-15-18(22-8-23-19(15)28-16(9)17(21)26)24-13-5-2-10(20)6-14(13)27-12-4-3-11(25)7-12/h2,5-6,8,11-12,25H,3-4,7H2,1H3,(H2,21,26)(H,22,23,24)/t11-,12+/m1/s1. The summed E-state index contributed by atoms with van der Waals surface area (Å²) in [6, 6.07) is 4.20. The van der Waals surface area contributed by atoms with Gasteiger partial charge in [0.05, 0.1) is 22.1 Å². The lowest BCUT2D eigenvalue weighted by Gasteiger charge is -2.18. The molecule has 0 aliphatic heterocycles. The Hall–Kier alpha value is -2.78. The van der Waals surface area contributed by atoms with Crippen LogP contribution < -0.4 is 15.8 Å². The highest BCUT2D eigenvalue weighted by Crippen LogP contribution is 2.37. The van der Waals surface area contributed by atoms with Gasteiger partial charge in [-0.3, -0.25) is 4.79 Å². The maximum absolute atomic E-state index is 13.8. The monoisotopic (exact) mass is 402 g/mol. The molecule has 4 N–H and O–H groups in total. The molecular formula is C19H19FN4O3S. The van der Waals surface area contributed by atoms with Crippen LogP contribution in [0.5, 0.6) is 5.75 Å². The summed E-state index contributed by atoms with van der Waals surface area (Å²) < 4.78 is 19.8. The van der Waals surface area contributed by atoms with Crippen LogP contribution in [0.1, 0.15) is 34.5 Å². The molecule has 2 atom stereocenters. The first-order valence-electron chi connectivity index (χ1n) is 8.87. The van der Waals surface area contributed by atoms with E-state index in [0.29, 0.717) is 57.2 Å². The third kappa shape index (κ3) is 3.50. The molecule has 1 saturated carbocycles. The number of ether oxygens (including phenoxy) is 1. The van der Waals surface area contributed by atoms with Crippen LogP contribution in [0.15, 0.2) is 24.5 Å². The number of aromatic nitrogens is 2. The number of carbonyl (C=O) groups is 1. The number of hydrogen-bond donors (Lipinski definition) is 3. The SMILES string of the molecule is Cc1c(C(N)=O)sc2ncnc(Nc3ccc(F)cc3O[C@H]3CC[C@@H](O)C3)c12. The topological polar surface area (TPSA) is 110 Å². The van der Waals surface area contributed by atoms with Gasteiger partial charge in [0.2, 0.25) is 0 Å². The number of halogens is 1. The predicted molar refractivity (Wildman–Crippen MR) is 105 cm³/mol. The van der Waals surface area contributed by atoms with Gasteiger partial charge >= 0.3 is 0 Å². The average molecular weight is 402 g/mol. The molecule has 0 spiro atoms. The Labute approximate surface area is 164 Å². The van der Waals surface area contributed by atoms with E-state index in [1.54, 1.807) is 13.0 Å². The van der Waals surface area contributed by atoms with Crippen molar-refractivity contribution in [2.75, 3.05) is 5.32 Å². The second-order valence-corrected chi connectivity index (χ2v) is 7.79. The highest BCUT2D eigenvalue weighted by molar-refractivity contribution is 7.20. The number of benzene rings is 1.